The summed E-state index contributed by atoms with van der Waals surface area (Å²) in [5.74, 6) is 3.45. The molecule has 0 aromatic heterocycles. The van der Waals surface area contributed by atoms with E-state index in [0.717, 1.165) is 51.6 Å². The molecule has 174 valence electrons. The minimum absolute atomic E-state index is 0.131. The lowest BCUT2D eigenvalue weighted by molar-refractivity contribution is -0.272. The van der Waals surface area contributed by atoms with E-state index >= 15 is 0 Å². The number of rotatable bonds is 0. The Labute approximate surface area is 187 Å². The SMILES string of the molecule is C[C@H]1CC[C@@]2(OC1)O[C@H]1C[C@@H]3[C@@H]4CC[C@H]5C[C@@H](O)CC[C@]5(C)[C@H]4CC(=O)[C@]3(C)[C@H]1[C@@H]2C. The molecule has 0 aromatic rings. The third-order valence-electron chi connectivity index (χ3n) is 11.8. The minimum atomic E-state index is -0.448. The van der Waals surface area contributed by atoms with E-state index in [1.54, 1.807) is 0 Å². The highest BCUT2D eigenvalue weighted by Crippen LogP contribution is 2.70. The Bertz CT molecular complexity index is 756. The smallest absolute Gasteiger partial charge is 0.171 e. The Morgan fingerprint density at radius 3 is 2.55 bits per heavy atom. The summed E-state index contributed by atoms with van der Waals surface area (Å²) >= 11 is 0. The van der Waals surface area contributed by atoms with Crippen LogP contribution in [-0.4, -0.2) is 35.5 Å². The quantitative estimate of drug-likeness (QED) is 0.589. The second kappa shape index (κ2) is 6.79. The molecule has 12 atom stereocenters. The van der Waals surface area contributed by atoms with Crippen LogP contribution in [0.5, 0.6) is 0 Å². The van der Waals surface area contributed by atoms with Gasteiger partial charge in [-0.25, -0.2) is 0 Å². The van der Waals surface area contributed by atoms with Crippen molar-refractivity contribution >= 4 is 5.78 Å². The van der Waals surface area contributed by atoms with E-state index in [1.807, 2.05) is 0 Å². The van der Waals surface area contributed by atoms with Crippen LogP contribution in [0.2, 0.25) is 0 Å². The van der Waals surface area contributed by atoms with Gasteiger partial charge in [-0.1, -0.05) is 27.7 Å². The average molecular weight is 431 g/mol. The maximum atomic E-state index is 14.0. The van der Waals surface area contributed by atoms with Crippen LogP contribution in [0.15, 0.2) is 0 Å². The normalized spacial score (nSPS) is 60.9. The highest BCUT2D eigenvalue weighted by atomic mass is 16.7. The standard InChI is InChI=1S/C27H42O4/c1-15-7-10-27(30-14-15)16(2)24-22(31-27)12-21-19-6-5-17-11-18(28)8-9-25(17,3)20(19)13-23(29)26(21,24)4/h15-22,24,28H,5-14H2,1-4H3/t15-,16-,17-,18-,19+,20-,21+,22-,24-,25-,26+,27+/m0/s1. The van der Waals surface area contributed by atoms with E-state index in [9.17, 15) is 9.90 Å². The predicted octanol–water partition coefficient (Wildman–Crippen LogP) is 4.97. The number of hydrogen-bond acceptors (Lipinski definition) is 4. The fraction of sp³-hybridized carbons (Fsp3) is 0.963. The van der Waals surface area contributed by atoms with Crippen molar-refractivity contribution in [2.75, 3.05) is 6.61 Å². The van der Waals surface area contributed by atoms with Gasteiger partial charge in [-0.05, 0) is 80.0 Å². The molecule has 0 radical (unpaired) electrons. The van der Waals surface area contributed by atoms with Crippen molar-refractivity contribution in [2.45, 2.75) is 103 Å². The molecule has 1 N–H and O–H groups in total. The zero-order valence-corrected chi connectivity index (χ0v) is 19.9. The van der Waals surface area contributed by atoms with Crippen molar-refractivity contribution in [3.8, 4) is 0 Å². The molecule has 0 bridgehead atoms. The fourth-order valence-electron chi connectivity index (χ4n) is 9.93. The summed E-state index contributed by atoms with van der Waals surface area (Å²) < 4.78 is 13.2. The lowest BCUT2D eigenvalue weighted by atomic mass is 9.44. The first-order valence-electron chi connectivity index (χ1n) is 13.2. The van der Waals surface area contributed by atoms with Crippen molar-refractivity contribution in [3.05, 3.63) is 0 Å². The monoisotopic (exact) mass is 430 g/mol. The highest BCUT2D eigenvalue weighted by molar-refractivity contribution is 5.87. The number of aliphatic hydroxyl groups is 1. The molecule has 6 rings (SSSR count). The Balaban J connectivity index is 1.30. The topological polar surface area (TPSA) is 55.8 Å². The lowest BCUT2D eigenvalue weighted by Gasteiger charge is -2.60. The Morgan fingerprint density at radius 2 is 1.81 bits per heavy atom. The summed E-state index contributed by atoms with van der Waals surface area (Å²) in [7, 11) is 0. The van der Waals surface area contributed by atoms with Crippen LogP contribution < -0.4 is 0 Å². The van der Waals surface area contributed by atoms with Crippen LogP contribution in [0.25, 0.3) is 0 Å². The third-order valence-corrected chi connectivity index (χ3v) is 11.8. The molecule has 0 aromatic carbocycles. The molecule has 2 aliphatic heterocycles. The Hall–Kier alpha value is -0.450. The molecule has 0 amide bonds. The van der Waals surface area contributed by atoms with E-state index in [2.05, 4.69) is 27.7 Å². The molecule has 2 heterocycles. The largest absolute Gasteiger partial charge is 0.393 e. The highest BCUT2D eigenvalue weighted by Gasteiger charge is 2.71. The van der Waals surface area contributed by atoms with Gasteiger partial charge < -0.3 is 14.6 Å². The fourth-order valence-corrected chi connectivity index (χ4v) is 9.93. The van der Waals surface area contributed by atoms with Crippen molar-refractivity contribution < 1.29 is 19.4 Å². The molecular formula is C27H42O4. The van der Waals surface area contributed by atoms with Gasteiger partial charge in [0.1, 0.15) is 5.78 Å². The van der Waals surface area contributed by atoms with E-state index in [0.29, 0.717) is 41.3 Å². The summed E-state index contributed by atoms with van der Waals surface area (Å²) in [5.41, 5.74) is -0.0221. The van der Waals surface area contributed by atoms with Gasteiger partial charge in [-0.2, -0.15) is 0 Å². The summed E-state index contributed by atoms with van der Waals surface area (Å²) in [6.45, 7) is 10.1. The van der Waals surface area contributed by atoms with E-state index in [4.69, 9.17) is 9.47 Å². The maximum Gasteiger partial charge on any atom is 0.171 e. The van der Waals surface area contributed by atoms with Gasteiger partial charge in [0, 0.05) is 30.1 Å². The molecule has 6 fully saturated rings. The second-order valence-corrected chi connectivity index (χ2v) is 13.0. The van der Waals surface area contributed by atoms with Gasteiger partial charge in [0.2, 0.25) is 0 Å². The van der Waals surface area contributed by atoms with Gasteiger partial charge in [-0.3, -0.25) is 4.79 Å². The van der Waals surface area contributed by atoms with Gasteiger partial charge in [0.25, 0.3) is 0 Å². The molecular weight excluding hydrogens is 388 g/mol. The molecule has 4 heteroatoms. The van der Waals surface area contributed by atoms with E-state index in [1.165, 1.54) is 12.8 Å². The van der Waals surface area contributed by atoms with Crippen LogP contribution in [-0.2, 0) is 14.3 Å². The Kier molecular flexibility index (Phi) is 4.62. The number of fused-ring (bicyclic) bond motifs is 7. The zero-order chi connectivity index (χ0) is 21.8. The van der Waals surface area contributed by atoms with Crippen LogP contribution in [0.4, 0.5) is 0 Å². The number of ether oxygens (including phenoxy) is 2. The number of hydrogen-bond donors (Lipinski definition) is 1. The van der Waals surface area contributed by atoms with Crippen LogP contribution >= 0.6 is 0 Å². The van der Waals surface area contributed by atoms with Gasteiger partial charge in [-0.15, -0.1) is 0 Å². The molecule has 4 nitrogen and oxygen atoms in total. The first kappa shape index (κ1) is 21.1. The first-order valence-corrected chi connectivity index (χ1v) is 13.2. The van der Waals surface area contributed by atoms with Crippen LogP contribution in [0, 0.1) is 52.3 Å². The first-order chi connectivity index (χ1) is 14.7. The van der Waals surface area contributed by atoms with Crippen molar-refractivity contribution in [1.82, 2.24) is 0 Å². The van der Waals surface area contributed by atoms with Crippen LogP contribution in [0.3, 0.4) is 0 Å². The molecule has 4 saturated carbocycles. The van der Waals surface area contributed by atoms with E-state index < -0.39 is 5.79 Å². The second-order valence-electron chi connectivity index (χ2n) is 13.0. The summed E-state index contributed by atoms with van der Waals surface area (Å²) in [6.07, 6.45) is 9.39. The van der Waals surface area contributed by atoms with Gasteiger partial charge in [0.15, 0.2) is 5.79 Å². The average Bonchev–Trinajstić information content (AvgIpc) is 3.18. The zero-order valence-electron chi connectivity index (χ0n) is 19.9. The molecule has 4 aliphatic carbocycles. The van der Waals surface area contributed by atoms with Crippen molar-refractivity contribution in [2.24, 2.45) is 52.3 Å². The number of ketones is 1. The summed E-state index contributed by atoms with van der Waals surface area (Å²) in [6, 6.07) is 0. The van der Waals surface area contributed by atoms with Crippen molar-refractivity contribution in [3.63, 3.8) is 0 Å². The van der Waals surface area contributed by atoms with E-state index in [-0.39, 0.29) is 29.0 Å². The Morgan fingerprint density at radius 1 is 1.00 bits per heavy atom. The molecule has 2 saturated heterocycles. The molecule has 0 unspecified atom stereocenters. The molecule has 6 aliphatic rings. The summed E-state index contributed by atoms with van der Waals surface area (Å²) in [5, 5.41) is 10.3. The number of Topliss-reactive ketones (excluding diaryl/α,β-unsaturated/α-hetero) is 1. The minimum Gasteiger partial charge on any atom is -0.393 e. The van der Waals surface area contributed by atoms with Crippen molar-refractivity contribution in [1.29, 1.82) is 0 Å². The maximum absolute atomic E-state index is 14.0. The van der Waals surface area contributed by atoms with Gasteiger partial charge >= 0.3 is 0 Å². The number of aliphatic hydroxyl groups excluding tert-OH is 1. The predicted molar refractivity (Wildman–Crippen MR) is 118 cm³/mol. The third kappa shape index (κ3) is 2.68. The lowest BCUT2D eigenvalue weighted by Crippen LogP contribution is -2.58. The van der Waals surface area contributed by atoms with Gasteiger partial charge in [0.05, 0.1) is 18.8 Å². The number of carbonyl (C=O) groups excluding carboxylic acids is 1. The molecule has 31 heavy (non-hydrogen) atoms. The molecule has 1 spiro atoms. The summed E-state index contributed by atoms with van der Waals surface area (Å²) in [4.78, 5) is 14.0. The number of carbonyl (C=O) groups is 1. The van der Waals surface area contributed by atoms with Crippen LogP contribution in [0.1, 0.15) is 85.5 Å².